The van der Waals surface area contributed by atoms with Crippen molar-refractivity contribution < 1.29 is 9.53 Å². The molecule has 2 aromatic carbocycles. The number of carbonyl (C=O) groups excluding carboxylic acids is 1. The fraction of sp³-hybridized carbons (Fsp3) is 0.118. The minimum absolute atomic E-state index is 0.394. The molecule has 0 fully saturated rings. The molecular formula is C17H17NO2. The van der Waals surface area contributed by atoms with E-state index >= 15 is 0 Å². The fourth-order valence-corrected chi connectivity index (χ4v) is 1.87. The van der Waals surface area contributed by atoms with Gasteiger partial charge in [0.05, 0.1) is 5.56 Å². The Bertz CT molecular complexity index is 618. The second-order valence-electron chi connectivity index (χ2n) is 4.42. The van der Waals surface area contributed by atoms with Crippen LogP contribution >= 0.6 is 0 Å². The maximum absolute atomic E-state index is 11.3. The molecule has 2 rings (SSSR count). The van der Waals surface area contributed by atoms with Gasteiger partial charge in [-0.1, -0.05) is 42.5 Å². The maximum Gasteiger partial charge on any atom is 0.252 e. The van der Waals surface area contributed by atoms with Crippen LogP contribution in [0.3, 0.4) is 0 Å². The average Bonchev–Trinajstić information content (AvgIpc) is 2.48. The van der Waals surface area contributed by atoms with Gasteiger partial charge in [0.1, 0.15) is 12.4 Å². The molecule has 0 saturated heterocycles. The molecule has 2 N–H and O–H groups in total. The Morgan fingerprint density at radius 1 is 1.10 bits per heavy atom. The molecule has 0 heterocycles. The molecule has 0 spiro atoms. The highest BCUT2D eigenvalue weighted by molar-refractivity contribution is 5.95. The topological polar surface area (TPSA) is 52.3 Å². The van der Waals surface area contributed by atoms with Crippen molar-refractivity contribution in [2.45, 2.75) is 6.92 Å². The van der Waals surface area contributed by atoms with Gasteiger partial charge in [-0.05, 0) is 36.3 Å². The molecule has 102 valence electrons. The first kappa shape index (κ1) is 13.9. The number of nitrogens with two attached hydrogens (primary N) is 1. The molecule has 3 heteroatoms. The molecular weight excluding hydrogens is 250 g/mol. The van der Waals surface area contributed by atoms with Crippen LogP contribution in [0.5, 0.6) is 5.75 Å². The molecule has 0 unspecified atom stereocenters. The molecule has 20 heavy (non-hydrogen) atoms. The van der Waals surface area contributed by atoms with Crippen LogP contribution in [0.4, 0.5) is 0 Å². The molecule has 1 amide bonds. The van der Waals surface area contributed by atoms with Gasteiger partial charge in [0.2, 0.25) is 0 Å². The van der Waals surface area contributed by atoms with Gasteiger partial charge in [0, 0.05) is 0 Å². The molecule has 0 radical (unpaired) electrons. The Kier molecular flexibility index (Phi) is 4.56. The summed E-state index contributed by atoms with van der Waals surface area (Å²) in [5, 5.41) is 0. The summed E-state index contributed by atoms with van der Waals surface area (Å²) in [4.78, 5) is 11.3. The van der Waals surface area contributed by atoms with Crippen LogP contribution in [-0.4, -0.2) is 12.5 Å². The zero-order valence-corrected chi connectivity index (χ0v) is 11.4. The third-order valence-corrected chi connectivity index (χ3v) is 3.01. The van der Waals surface area contributed by atoms with Crippen molar-refractivity contribution in [3.8, 4) is 5.75 Å². The third-order valence-electron chi connectivity index (χ3n) is 3.01. The Balaban J connectivity index is 2.05. The van der Waals surface area contributed by atoms with Gasteiger partial charge in [-0.25, -0.2) is 0 Å². The predicted octanol–water partition coefficient (Wildman–Crippen LogP) is 3.27. The zero-order chi connectivity index (χ0) is 14.4. The van der Waals surface area contributed by atoms with E-state index in [-0.39, 0.29) is 0 Å². The van der Waals surface area contributed by atoms with Gasteiger partial charge in [-0.3, -0.25) is 4.79 Å². The van der Waals surface area contributed by atoms with Crippen molar-refractivity contribution in [1.29, 1.82) is 0 Å². The summed E-state index contributed by atoms with van der Waals surface area (Å²) in [6, 6.07) is 17.0. The summed E-state index contributed by atoms with van der Waals surface area (Å²) in [7, 11) is 0. The normalized spacial score (nSPS) is 11.2. The Morgan fingerprint density at radius 2 is 1.75 bits per heavy atom. The van der Waals surface area contributed by atoms with E-state index in [1.807, 2.05) is 49.4 Å². The van der Waals surface area contributed by atoms with Crippen LogP contribution in [-0.2, 0) is 0 Å². The van der Waals surface area contributed by atoms with E-state index in [9.17, 15) is 4.79 Å². The number of carbonyl (C=O) groups is 1. The number of rotatable bonds is 5. The van der Waals surface area contributed by atoms with Crippen LogP contribution in [0.15, 0.2) is 60.7 Å². The number of para-hydroxylation sites is 1. The second-order valence-corrected chi connectivity index (χ2v) is 4.42. The molecule has 0 bridgehead atoms. The lowest BCUT2D eigenvalue weighted by molar-refractivity contribution is 0.0997. The predicted molar refractivity (Wildman–Crippen MR) is 80.5 cm³/mol. The molecule has 0 aliphatic heterocycles. The summed E-state index contributed by atoms with van der Waals surface area (Å²) in [5.41, 5.74) is 7.98. The van der Waals surface area contributed by atoms with Crippen LogP contribution in [0, 0.1) is 0 Å². The van der Waals surface area contributed by atoms with Crippen LogP contribution in [0.2, 0.25) is 0 Å². The van der Waals surface area contributed by atoms with Crippen molar-refractivity contribution in [3.63, 3.8) is 0 Å². The fourth-order valence-electron chi connectivity index (χ4n) is 1.87. The van der Waals surface area contributed by atoms with E-state index in [1.165, 1.54) is 0 Å². The number of hydrogen-bond donors (Lipinski definition) is 1. The van der Waals surface area contributed by atoms with E-state index < -0.39 is 5.91 Å². The number of ether oxygens (including phenoxy) is 1. The number of primary amides is 1. The monoisotopic (exact) mass is 267 g/mol. The molecule has 0 aliphatic rings. The first-order valence-electron chi connectivity index (χ1n) is 6.42. The van der Waals surface area contributed by atoms with Crippen LogP contribution < -0.4 is 10.5 Å². The lowest BCUT2D eigenvalue weighted by atomic mass is 10.1. The van der Waals surface area contributed by atoms with Crippen molar-refractivity contribution in [2.75, 3.05) is 6.61 Å². The highest BCUT2D eigenvalue weighted by atomic mass is 16.5. The largest absolute Gasteiger partial charge is 0.489 e. The van der Waals surface area contributed by atoms with Crippen molar-refractivity contribution in [1.82, 2.24) is 0 Å². The van der Waals surface area contributed by atoms with E-state index in [0.717, 1.165) is 11.1 Å². The standard InChI is InChI=1S/C17H17NO2/c1-13(14-7-3-2-4-8-14)11-12-20-16-10-6-5-9-15(16)17(18)19/h2-11H,12H2,1H3,(H2,18,19)/b13-11+. The SMILES string of the molecule is C/C(=C\COc1ccccc1C(N)=O)c1ccccc1. The Morgan fingerprint density at radius 3 is 2.45 bits per heavy atom. The van der Waals surface area contributed by atoms with Gasteiger partial charge in [-0.15, -0.1) is 0 Å². The summed E-state index contributed by atoms with van der Waals surface area (Å²) >= 11 is 0. The third kappa shape index (κ3) is 3.48. The quantitative estimate of drug-likeness (QED) is 0.904. The molecule has 2 aromatic rings. The van der Waals surface area contributed by atoms with Crippen molar-refractivity contribution in [3.05, 3.63) is 71.8 Å². The minimum Gasteiger partial charge on any atom is -0.489 e. The van der Waals surface area contributed by atoms with Gasteiger partial charge in [0.25, 0.3) is 5.91 Å². The molecule has 0 aliphatic carbocycles. The minimum atomic E-state index is -0.482. The van der Waals surface area contributed by atoms with Gasteiger partial charge < -0.3 is 10.5 Å². The Labute approximate surface area is 118 Å². The summed E-state index contributed by atoms with van der Waals surface area (Å²) < 4.78 is 5.61. The summed E-state index contributed by atoms with van der Waals surface area (Å²) in [5.74, 6) is 0.0291. The summed E-state index contributed by atoms with van der Waals surface area (Å²) in [6.07, 6.45) is 1.98. The second kappa shape index (κ2) is 6.57. The number of allylic oxidation sites excluding steroid dienone is 1. The maximum atomic E-state index is 11.3. The first-order chi connectivity index (χ1) is 9.68. The van der Waals surface area contributed by atoms with Crippen LogP contribution in [0.1, 0.15) is 22.8 Å². The van der Waals surface area contributed by atoms with Crippen LogP contribution in [0.25, 0.3) is 5.57 Å². The molecule has 0 aromatic heterocycles. The lowest BCUT2D eigenvalue weighted by Gasteiger charge is -2.08. The summed E-state index contributed by atoms with van der Waals surface area (Å²) in [6.45, 7) is 2.42. The smallest absolute Gasteiger partial charge is 0.252 e. The van der Waals surface area contributed by atoms with E-state index in [2.05, 4.69) is 0 Å². The molecule has 0 saturated carbocycles. The number of amides is 1. The van der Waals surface area contributed by atoms with E-state index in [1.54, 1.807) is 18.2 Å². The highest BCUT2D eigenvalue weighted by Gasteiger charge is 2.07. The van der Waals surface area contributed by atoms with Crippen molar-refractivity contribution in [2.24, 2.45) is 5.73 Å². The Hall–Kier alpha value is -2.55. The number of hydrogen-bond acceptors (Lipinski definition) is 2. The van der Waals surface area contributed by atoms with E-state index in [0.29, 0.717) is 17.9 Å². The number of benzene rings is 2. The first-order valence-corrected chi connectivity index (χ1v) is 6.42. The lowest BCUT2D eigenvalue weighted by Crippen LogP contribution is -2.13. The molecule has 3 nitrogen and oxygen atoms in total. The van der Waals surface area contributed by atoms with Gasteiger partial charge in [0.15, 0.2) is 0 Å². The molecule has 0 atom stereocenters. The van der Waals surface area contributed by atoms with Gasteiger partial charge in [-0.2, -0.15) is 0 Å². The van der Waals surface area contributed by atoms with Crippen molar-refractivity contribution >= 4 is 11.5 Å². The highest BCUT2D eigenvalue weighted by Crippen LogP contribution is 2.18. The van der Waals surface area contributed by atoms with Gasteiger partial charge >= 0.3 is 0 Å². The average molecular weight is 267 g/mol. The zero-order valence-electron chi connectivity index (χ0n) is 11.4. The van der Waals surface area contributed by atoms with E-state index in [4.69, 9.17) is 10.5 Å².